The number of rotatable bonds is 15. The Morgan fingerprint density at radius 1 is 0.521 bits per heavy atom. The van der Waals surface area contributed by atoms with Crippen LogP contribution in [0.15, 0.2) is 140 Å². The third-order valence-electron chi connectivity index (χ3n) is 8.67. The fraction of sp³-hybridized carbons (Fsp3) is 0.286. The number of hydrogen-bond donors (Lipinski definition) is 0. The summed E-state index contributed by atoms with van der Waals surface area (Å²) in [6, 6.07) is 46.8. The van der Waals surface area contributed by atoms with Crippen LogP contribution < -0.4 is 4.74 Å². The standard InChI is InChI=1S/C42H44O6/c1-31-25-36(43-2)23-24-37(31)39-41(46-28-34-19-11-5-12-20-34)42(47-29-35-21-13-6-14-22-35)40(45-27-33-17-9-4-10-18-33)38(48-39)30-44-26-32-15-7-3-8-16-32/h3-25,38-42H,26-30H2,1-2H3/t38-,39+,40-,41+,42+/m1/s1. The molecule has 5 atom stereocenters. The predicted molar refractivity (Wildman–Crippen MR) is 186 cm³/mol. The van der Waals surface area contributed by atoms with Gasteiger partial charge in [-0.05, 0) is 52.4 Å². The Bertz CT molecular complexity index is 1650. The average molecular weight is 645 g/mol. The molecule has 1 aliphatic heterocycles. The maximum absolute atomic E-state index is 7.05. The van der Waals surface area contributed by atoms with Crippen molar-refractivity contribution >= 4 is 0 Å². The molecule has 6 heteroatoms. The van der Waals surface area contributed by atoms with Gasteiger partial charge in [0.15, 0.2) is 0 Å². The first-order chi connectivity index (χ1) is 23.7. The van der Waals surface area contributed by atoms with E-state index in [0.29, 0.717) is 33.0 Å². The summed E-state index contributed by atoms with van der Waals surface area (Å²) >= 11 is 0. The van der Waals surface area contributed by atoms with Crippen molar-refractivity contribution < 1.29 is 28.4 Å². The molecule has 0 N–H and O–H groups in total. The molecule has 1 fully saturated rings. The lowest BCUT2D eigenvalue weighted by Crippen LogP contribution is -2.58. The van der Waals surface area contributed by atoms with E-state index >= 15 is 0 Å². The topological polar surface area (TPSA) is 55.4 Å². The first kappa shape index (κ1) is 33.6. The van der Waals surface area contributed by atoms with Crippen molar-refractivity contribution in [1.29, 1.82) is 0 Å². The molecular weight excluding hydrogens is 600 g/mol. The SMILES string of the molecule is COc1ccc([C@@H]2O[C@H](COCc3ccccc3)[C@@H](OCc3ccccc3)[C@H](OCc3ccccc3)[C@H]2OCc2ccccc2)c(C)c1. The summed E-state index contributed by atoms with van der Waals surface area (Å²) in [5.74, 6) is 0.789. The number of benzene rings is 5. The molecule has 6 nitrogen and oxygen atoms in total. The molecule has 248 valence electrons. The molecule has 0 unspecified atom stereocenters. The smallest absolute Gasteiger partial charge is 0.119 e. The quantitative estimate of drug-likeness (QED) is 0.114. The molecular formula is C42H44O6. The van der Waals surface area contributed by atoms with Gasteiger partial charge in [-0.2, -0.15) is 0 Å². The largest absolute Gasteiger partial charge is 0.497 e. The van der Waals surface area contributed by atoms with Crippen LogP contribution in [0.5, 0.6) is 5.75 Å². The third-order valence-corrected chi connectivity index (χ3v) is 8.67. The molecule has 1 aliphatic rings. The van der Waals surface area contributed by atoms with Crippen LogP contribution in [0.4, 0.5) is 0 Å². The zero-order valence-electron chi connectivity index (χ0n) is 27.7. The van der Waals surface area contributed by atoms with Gasteiger partial charge >= 0.3 is 0 Å². The van der Waals surface area contributed by atoms with E-state index in [4.69, 9.17) is 28.4 Å². The number of aryl methyl sites for hydroxylation is 1. The van der Waals surface area contributed by atoms with E-state index in [-0.39, 0.29) is 0 Å². The molecule has 0 radical (unpaired) electrons. The van der Waals surface area contributed by atoms with Crippen molar-refractivity contribution in [2.75, 3.05) is 13.7 Å². The van der Waals surface area contributed by atoms with Gasteiger partial charge in [0.05, 0.1) is 40.1 Å². The van der Waals surface area contributed by atoms with Crippen LogP contribution in [0.1, 0.15) is 39.5 Å². The van der Waals surface area contributed by atoms with Crippen LogP contribution in [-0.2, 0) is 50.1 Å². The molecule has 1 saturated heterocycles. The van der Waals surface area contributed by atoms with Crippen LogP contribution in [-0.4, -0.2) is 38.1 Å². The minimum atomic E-state index is -0.493. The van der Waals surface area contributed by atoms with E-state index in [9.17, 15) is 0 Å². The molecule has 6 rings (SSSR count). The van der Waals surface area contributed by atoms with Gasteiger partial charge in [0.25, 0.3) is 0 Å². The van der Waals surface area contributed by atoms with Crippen molar-refractivity contribution in [2.24, 2.45) is 0 Å². The van der Waals surface area contributed by atoms with Gasteiger partial charge in [-0.1, -0.05) is 127 Å². The van der Waals surface area contributed by atoms with Gasteiger partial charge < -0.3 is 28.4 Å². The minimum absolute atomic E-state index is 0.316. The van der Waals surface area contributed by atoms with E-state index < -0.39 is 30.5 Å². The van der Waals surface area contributed by atoms with Crippen LogP contribution in [0, 0.1) is 6.92 Å². The Labute approximate surface area is 284 Å². The Kier molecular flexibility index (Phi) is 12.0. The van der Waals surface area contributed by atoms with E-state index in [1.54, 1.807) is 7.11 Å². The number of methoxy groups -OCH3 is 1. The summed E-state index contributed by atoms with van der Waals surface area (Å²) in [6.07, 6.45) is -2.36. The zero-order valence-corrected chi connectivity index (χ0v) is 27.7. The van der Waals surface area contributed by atoms with Crippen molar-refractivity contribution in [1.82, 2.24) is 0 Å². The molecule has 0 bridgehead atoms. The van der Waals surface area contributed by atoms with Crippen molar-refractivity contribution in [3.8, 4) is 5.75 Å². The molecule has 0 aliphatic carbocycles. The number of hydrogen-bond acceptors (Lipinski definition) is 6. The second-order valence-corrected chi connectivity index (χ2v) is 12.1. The predicted octanol–water partition coefficient (Wildman–Crippen LogP) is 8.42. The highest BCUT2D eigenvalue weighted by Crippen LogP contribution is 2.40. The van der Waals surface area contributed by atoms with Crippen molar-refractivity contribution in [3.63, 3.8) is 0 Å². The molecule has 1 heterocycles. The Morgan fingerprint density at radius 3 is 1.46 bits per heavy atom. The molecule has 0 spiro atoms. The molecule has 0 saturated carbocycles. The lowest BCUT2D eigenvalue weighted by atomic mass is 9.88. The van der Waals surface area contributed by atoms with E-state index in [1.165, 1.54) is 0 Å². The maximum atomic E-state index is 7.05. The van der Waals surface area contributed by atoms with Gasteiger partial charge in [0.1, 0.15) is 36.3 Å². The van der Waals surface area contributed by atoms with Crippen LogP contribution >= 0.6 is 0 Å². The van der Waals surface area contributed by atoms with Crippen molar-refractivity contribution in [3.05, 3.63) is 173 Å². The first-order valence-corrected chi connectivity index (χ1v) is 16.6. The lowest BCUT2D eigenvalue weighted by molar-refractivity contribution is -0.275. The van der Waals surface area contributed by atoms with E-state index in [0.717, 1.165) is 39.1 Å². The summed E-state index contributed by atoms with van der Waals surface area (Å²) in [4.78, 5) is 0. The maximum Gasteiger partial charge on any atom is 0.119 e. The highest BCUT2D eigenvalue weighted by molar-refractivity contribution is 5.37. The summed E-state index contributed by atoms with van der Waals surface area (Å²) in [7, 11) is 1.68. The molecule has 48 heavy (non-hydrogen) atoms. The third kappa shape index (κ3) is 8.98. The second-order valence-electron chi connectivity index (χ2n) is 12.1. The lowest BCUT2D eigenvalue weighted by Gasteiger charge is -2.46. The van der Waals surface area contributed by atoms with E-state index in [2.05, 4.69) is 61.5 Å². The van der Waals surface area contributed by atoms with Gasteiger partial charge in [-0.3, -0.25) is 0 Å². The zero-order chi connectivity index (χ0) is 33.0. The van der Waals surface area contributed by atoms with Crippen LogP contribution in [0.3, 0.4) is 0 Å². The summed E-state index contributed by atoms with van der Waals surface area (Å²) in [6.45, 7) is 4.04. The van der Waals surface area contributed by atoms with Crippen LogP contribution in [0.25, 0.3) is 0 Å². The molecule has 5 aromatic rings. The monoisotopic (exact) mass is 644 g/mol. The fourth-order valence-electron chi connectivity index (χ4n) is 6.13. The minimum Gasteiger partial charge on any atom is -0.497 e. The van der Waals surface area contributed by atoms with Gasteiger partial charge in [0.2, 0.25) is 0 Å². The van der Waals surface area contributed by atoms with E-state index in [1.807, 2.05) is 84.9 Å². The Hall–Kier alpha value is -4.30. The Morgan fingerprint density at radius 2 is 0.979 bits per heavy atom. The van der Waals surface area contributed by atoms with Crippen LogP contribution in [0.2, 0.25) is 0 Å². The first-order valence-electron chi connectivity index (χ1n) is 16.6. The fourth-order valence-corrected chi connectivity index (χ4v) is 6.13. The summed E-state index contributed by atoms with van der Waals surface area (Å²) < 4.78 is 39.5. The van der Waals surface area contributed by atoms with Gasteiger partial charge in [-0.15, -0.1) is 0 Å². The van der Waals surface area contributed by atoms with Crippen molar-refractivity contribution in [2.45, 2.75) is 63.9 Å². The Balaban J connectivity index is 1.36. The molecule has 0 aromatic heterocycles. The highest BCUT2D eigenvalue weighted by Gasteiger charge is 2.49. The highest BCUT2D eigenvalue weighted by atomic mass is 16.6. The summed E-state index contributed by atoms with van der Waals surface area (Å²) in [5, 5.41) is 0. The second kappa shape index (κ2) is 17.2. The average Bonchev–Trinajstić information content (AvgIpc) is 3.14. The molecule has 0 amide bonds. The number of ether oxygens (including phenoxy) is 6. The normalized spacial score (nSPS) is 20.8. The molecule has 5 aromatic carbocycles. The van der Waals surface area contributed by atoms with Gasteiger partial charge in [0, 0.05) is 0 Å². The van der Waals surface area contributed by atoms with Gasteiger partial charge in [-0.25, -0.2) is 0 Å². The summed E-state index contributed by atoms with van der Waals surface area (Å²) in [5.41, 5.74) is 6.36.